The Morgan fingerprint density at radius 1 is 1.38 bits per heavy atom. The summed E-state index contributed by atoms with van der Waals surface area (Å²) in [5, 5.41) is 6.12. The molecule has 1 fully saturated rings. The van der Waals surface area contributed by atoms with Gasteiger partial charge in [0.25, 0.3) is 0 Å². The van der Waals surface area contributed by atoms with Crippen molar-refractivity contribution in [1.29, 1.82) is 0 Å². The number of anilines is 1. The van der Waals surface area contributed by atoms with Gasteiger partial charge in [-0.3, -0.25) is 9.59 Å². The molecule has 0 aliphatic carbocycles. The molecule has 2 amide bonds. The van der Waals surface area contributed by atoms with Gasteiger partial charge >= 0.3 is 0 Å². The Hall–Kier alpha value is -2.57. The van der Waals surface area contributed by atoms with Crippen molar-refractivity contribution in [3.05, 3.63) is 29.8 Å². The van der Waals surface area contributed by atoms with Crippen LogP contribution in [0.3, 0.4) is 0 Å². The number of carbonyl (C=O) groups excluding carboxylic acids is 2. The predicted molar refractivity (Wildman–Crippen MR) is 104 cm³/mol. The van der Waals surface area contributed by atoms with Crippen LogP contribution in [0.5, 0.6) is 0 Å². The summed E-state index contributed by atoms with van der Waals surface area (Å²) in [6, 6.07) is 7.69. The van der Waals surface area contributed by atoms with Crippen LogP contribution < -0.4 is 16.4 Å². The quantitative estimate of drug-likeness (QED) is 0.532. The monoisotopic (exact) mass is 359 g/mol. The molecule has 1 saturated heterocycles. The molecule has 1 aliphatic heterocycles. The molecule has 142 valence electrons. The number of nitrogens with two attached hydrogens (primary N) is 1. The van der Waals surface area contributed by atoms with Crippen LogP contribution in [0.25, 0.3) is 0 Å². The summed E-state index contributed by atoms with van der Waals surface area (Å²) in [5.41, 5.74) is 7.15. The van der Waals surface area contributed by atoms with Crippen LogP contribution in [0.2, 0.25) is 0 Å². The van der Waals surface area contributed by atoms with Gasteiger partial charge < -0.3 is 21.3 Å². The number of primary amides is 1. The summed E-state index contributed by atoms with van der Waals surface area (Å²) in [5.74, 6) is 0.807. The second-order valence-electron chi connectivity index (χ2n) is 6.68. The summed E-state index contributed by atoms with van der Waals surface area (Å²) in [7, 11) is 0. The molecule has 1 unspecified atom stereocenters. The Morgan fingerprint density at radius 3 is 2.88 bits per heavy atom. The molecular weight excluding hydrogens is 330 g/mol. The topological polar surface area (TPSA) is 99.8 Å². The van der Waals surface area contributed by atoms with E-state index in [1.807, 2.05) is 31.2 Å². The Kier molecular flexibility index (Phi) is 7.44. The van der Waals surface area contributed by atoms with E-state index in [0.717, 1.165) is 49.7 Å². The lowest BCUT2D eigenvalue weighted by Gasteiger charge is -2.34. The first-order valence-corrected chi connectivity index (χ1v) is 9.16. The van der Waals surface area contributed by atoms with E-state index in [-0.39, 0.29) is 17.7 Å². The molecule has 1 aromatic carbocycles. The van der Waals surface area contributed by atoms with Gasteiger partial charge in [0.2, 0.25) is 11.8 Å². The number of guanidine groups is 1. The third-order valence-corrected chi connectivity index (χ3v) is 4.30. The molecule has 0 radical (unpaired) electrons. The fourth-order valence-electron chi connectivity index (χ4n) is 3.25. The van der Waals surface area contributed by atoms with Gasteiger partial charge in [-0.15, -0.1) is 0 Å². The van der Waals surface area contributed by atoms with E-state index >= 15 is 0 Å². The first-order chi connectivity index (χ1) is 12.5. The van der Waals surface area contributed by atoms with Gasteiger partial charge in [0.05, 0.1) is 6.54 Å². The summed E-state index contributed by atoms with van der Waals surface area (Å²) in [6.45, 7) is 6.55. The van der Waals surface area contributed by atoms with Crippen molar-refractivity contribution < 1.29 is 9.59 Å². The third-order valence-electron chi connectivity index (χ3n) is 4.30. The summed E-state index contributed by atoms with van der Waals surface area (Å²) in [6.07, 6.45) is 2.48. The predicted octanol–water partition coefficient (Wildman–Crippen LogP) is 1.70. The maximum atomic E-state index is 11.2. The van der Waals surface area contributed by atoms with Crippen molar-refractivity contribution in [3.63, 3.8) is 0 Å². The average Bonchev–Trinajstić information content (AvgIpc) is 2.58. The first kappa shape index (κ1) is 19.8. The van der Waals surface area contributed by atoms with Gasteiger partial charge in [-0.1, -0.05) is 12.1 Å². The molecule has 1 aromatic rings. The van der Waals surface area contributed by atoms with Crippen LogP contribution >= 0.6 is 0 Å². The second kappa shape index (κ2) is 9.79. The summed E-state index contributed by atoms with van der Waals surface area (Å²) in [4.78, 5) is 29.4. The first-order valence-electron chi connectivity index (χ1n) is 9.16. The summed E-state index contributed by atoms with van der Waals surface area (Å²) >= 11 is 0. The lowest BCUT2D eigenvalue weighted by molar-refractivity contribution is -0.119. The zero-order valence-corrected chi connectivity index (χ0v) is 15.6. The zero-order valence-electron chi connectivity index (χ0n) is 15.6. The number of piperidine rings is 1. The van der Waals surface area contributed by atoms with Crippen LogP contribution in [0.4, 0.5) is 5.69 Å². The SMILES string of the molecule is CCNC(=NCc1cccc(NC(C)=O)c1)N1CCCC(CC(N)=O)C1. The smallest absolute Gasteiger partial charge is 0.221 e. The standard InChI is InChI=1S/C19H29N5O2/c1-3-21-19(24-9-5-7-16(13-24)11-18(20)26)22-12-15-6-4-8-17(10-15)23-14(2)25/h4,6,8,10,16H,3,5,7,9,11-13H2,1-2H3,(H2,20,26)(H,21,22)(H,23,25). The number of nitrogens with one attached hydrogen (secondary N) is 2. The molecule has 1 atom stereocenters. The largest absolute Gasteiger partial charge is 0.370 e. The number of rotatable bonds is 6. The molecule has 1 heterocycles. The fourth-order valence-corrected chi connectivity index (χ4v) is 3.25. The van der Waals surface area contributed by atoms with Crippen molar-refractivity contribution in [2.75, 3.05) is 25.0 Å². The van der Waals surface area contributed by atoms with E-state index in [1.165, 1.54) is 6.92 Å². The molecule has 0 bridgehead atoms. The minimum absolute atomic E-state index is 0.0900. The van der Waals surface area contributed by atoms with Gasteiger partial charge in [-0.2, -0.15) is 0 Å². The molecule has 1 aliphatic rings. The number of aliphatic imine (C=N–C) groups is 1. The highest BCUT2D eigenvalue weighted by Crippen LogP contribution is 2.20. The summed E-state index contributed by atoms with van der Waals surface area (Å²) < 4.78 is 0. The molecule has 26 heavy (non-hydrogen) atoms. The number of likely N-dealkylation sites (tertiary alicyclic amines) is 1. The van der Waals surface area contributed by atoms with E-state index in [0.29, 0.717) is 13.0 Å². The van der Waals surface area contributed by atoms with Crippen molar-refractivity contribution in [2.24, 2.45) is 16.6 Å². The van der Waals surface area contributed by atoms with Crippen molar-refractivity contribution >= 4 is 23.5 Å². The van der Waals surface area contributed by atoms with Crippen molar-refractivity contribution in [3.8, 4) is 0 Å². The molecule has 7 heteroatoms. The molecule has 4 N–H and O–H groups in total. The van der Waals surface area contributed by atoms with Gasteiger partial charge in [0, 0.05) is 38.7 Å². The Labute approximate surface area is 155 Å². The second-order valence-corrected chi connectivity index (χ2v) is 6.68. The number of hydrogen-bond donors (Lipinski definition) is 3. The molecule has 7 nitrogen and oxygen atoms in total. The molecule has 0 spiro atoms. The minimum Gasteiger partial charge on any atom is -0.370 e. The lowest BCUT2D eigenvalue weighted by atomic mass is 9.95. The number of hydrogen-bond acceptors (Lipinski definition) is 3. The Bertz CT molecular complexity index is 659. The highest BCUT2D eigenvalue weighted by molar-refractivity contribution is 5.88. The fraction of sp³-hybridized carbons (Fsp3) is 0.526. The van der Waals surface area contributed by atoms with E-state index in [1.54, 1.807) is 0 Å². The van der Waals surface area contributed by atoms with Gasteiger partial charge in [-0.25, -0.2) is 4.99 Å². The third kappa shape index (κ3) is 6.38. The zero-order chi connectivity index (χ0) is 18.9. The van der Waals surface area contributed by atoms with Crippen LogP contribution in [0.15, 0.2) is 29.3 Å². The van der Waals surface area contributed by atoms with Crippen molar-refractivity contribution in [1.82, 2.24) is 10.2 Å². The number of carbonyl (C=O) groups is 2. The van der Waals surface area contributed by atoms with E-state index in [9.17, 15) is 9.59 Å². The lowest BCUT2D eigenvalue weighted by Crippen LogP contribution is -2.47. The maximum Gasteiger partial charge on any atom is 0.221 e. The van der Waals surface area contributed by atoms with Crippen LogP contribution in [-0.2, 0) is 16.1 Å². The van der Waals surface area contributed by atoms with Gasteiger partial charge in [-0.05, 0) is 43.4 Å². The number of amides is 2. The highest BCUT2D eigenvalue weighted by atomic mass is 16.1. The number of benzene rings is 1. The van der Waals surface area contributed by atoms with Gasteiger partial charge in [0.1, 0.15) is 0 Å². The van der Waals surface area contributed by atoms with Crippen molar-refractivity contribution in [2.45, 2.75) is 39.7 Å². The van der Waals surface area contributed by atoms with Crippen LogP contribution in [-0.4, -0.2) is 42.3 Å². The van der Waals surface area contributed by atoms with E-state index < -0.39 is 0 Å². The van der Waals surface area contributed by atoms with Gasteiger partial charge in [0.15, 0.2) is 5.96 Å². The normalized spacial score (nSPS) is 17.7. The maximum absolute atomic E-state index is 11.2. The molecular formula is C19H29N5O2. The number of nitrogens with zero attached hydrogens (tertiary/aromatic N) is 2. The Morgan fingerprint density at radius 2 is 2.19 bits per heavy atom. The van der Waals surface area contributed by atoms with Crippen LogP contribution in [0.1, 0.15) is 38.7 Å². The van der Waals surface area contributed by atoms with E-state index in [2.05, 4.69) is 15.5 Å². The molecule has 0 aromatic heterocycles. The molecule has 0 saturated carbocycles. The van der Waals surface area contributed by atoms with E-state index in [4.69, 9.17) is 10.7 Å². The van der Waals surface area contributed by atoms with Crippen LogP contribution in [0, 0.1) is 5.92 Å². The average molecular weight is 359 g/mol. The molecule has 2 rings (SSSR count). The highest BCUT2D eigenvalue weighted by Gasteiger charge is 2.23. The Balaban J connectivity index is 2.06. The minimum atomic E-state index is -0.242.